The Balaban J connectivity index is 2.34. The number of thioether (sulfide) groups is 1. The van der Waals surface area contributed by atoms with Gasteiger partial charge >= 0.3 is 0 Å². The molecule has 2 unspecified atom stereocenters. The van der Waals surface area contributed by atoms with E-state index in [-0.39, 0.29) is 0 Å². The first-order valence-corrected chi connectivity index (χ1v) is 8.01. The maximum absolute atomic E-state index is 3.70. The molecule has 0 aromatic heterocycles. The van der Waals surface area contributed by atoms with Crippen molar-refractivity contribution in [2.45, 2.75) is 71.1 Å². The van der Waals surface area contributed by atoms with E-state index in [2.05, 4.69) is 44.8 Å². The van der Waals surface area contributed by atoms with Crippen molar-refractivity contribution in [2.24, 2.45) is 5.41 Å². The molecule has 1 N–H and O–H groups in total. The summed E-state index contributed by atoms with van der Waals surface area (Å²) >= 11 is 2.21. The third kappa shape index (κ3) is 3.96. The van der Waals surface area contributed by atoms with Crippen LogP contribution in [0.5, 0.6) is 0 Å². The summed E-state index contributed by atoms with van der Waals surface area (Å²) < 4.78 is 0. The van der Waals surface area contributed by atoms with Gasteiger partial charge in [-0.25, -0.2) is 0 Å². The van der Waals surface area contributed by atoms with Crippen LogP contribution in [0, 0.1) is 5.41 Å². The average Bonchev–Trinajstić information content (AvgIpc) is 2.52. The van der Waals surface area contributed by atoms with E-state index in [1.54, 1.807) is 0 Å². The van der Waals surface area contributed by atoms with E-state index >= 15 is 0 Å². The van der Waals surface area contributed by atoms with Crippen molar-refractivity contribution in [1.82, 2.24) is 5.32 Å². The van der Waals surface area contributed by atoms with Gasteiger partial charge in [-0.1, -0.05) is 40.5 Å². The van der Waals surface area contributed by atoms with E-state index in [1.807, 2.05) is 0 Å². The predicted molar refractivity (Wildman–Crippen MR) is 76.3 cm³/mol. The van der Waals surface area contributed by atoms with Crippen LogP contribution in [0.15, 0.2) is 0 Å². The maximum atomic E-state index is 3.70. The van der Waals surface area contributed by atoms with Crippen LogP contribution in [0.3, 0.4) is 0 Å². The Labute approximate surface area is 106 Å². The lowest BCUT2D eigenvalue weighted by Crippen LogP contribution is -2.43. The second kappa shape index (κ2) is 6.90. The zero-order chi connectivity index (χ0) is 12.0. The lowest BCUT2D eigenvalue weighted by Gasteiger charge is -2.31. The molecular weight excluding hydrogens is 214 g/mol. The molecule has 0 heterocycles. The molecule has 96 valence electrons. The first-order chi connectivity index (χ1) is 7.61. The molecule has 0 aliphatic heterocycles. The minimum atomic E-state index is 0.498. The Bertz CT molecular complexity index is 191. The number of nitrogens with one attached hydrogen (secondary N) is 1. The zero-order valence-corrected chi connectivity index (χ0v) is 12.3. The summed E-state index contributed by atoms with van der Waals surface area (Å²) in [6, 6.07) is 0.726. The van der Waals surface area contributed by atoms with Crippen molar-refractivity contribution in [3.63, 3.8) is 0 Å². The van der Waals surface area contributed by atoms with Crippen LogP contribution in [0.2, 0.25) is 0 Å². The molecule has 0 radical (unpaired) electrons. The van der Waals surface area contributed by atoms with Crippen LogP contribution in [0.25, 0.3) is 0 Å². The predicted octanol–water partition coefficient (Wildman–Crippen LogP) is 4.08. The van der Waals surface area contributed by atoms with Gasteiger partial charge in [0.15, 0.2) is 0 Å². The Morgan fingerprint density at radius 2 is 2.00 bits per heavy atom. The number of hydrogen-bond acceptors (Lipinski definition) is 2. The summed E-state index contributed by atoms with van der Waals surface area (Å²) in [5.41, 5.74) is 0.498. The highest BCUT2D eigenvalue weighted by molar-refractivity contribution is 7.99. The summed E-state index contributed by atoms with van der Waals surface area (Å²) in [6.07, 6.45) is 6.93. The quantitative estimate of drug-likeness (QED) is 0.676. The van der Waals surface area contributed by atoms with Crippen molar-refractivity contribution in [3.8, 4) is 0 Å². The van der Waals surface area contributed by atoms with Gasteiger partial charge in [0.05, 0.1) is 0 Å². The molecule has 1 saturated carbocycles. The second-order valence-electron chi connectivity index (χ2n) is 5.68. The lowest BCUT2D eigenvalue weighted by atomic mass is 9.87. The van der Waals surface area contributed by atoms with Gasteiger partial charge in [-0.05, 0) is 37.0 Å². The fourth-order valence-corrected chi connectivity index (χ4v) is 4.35. The van der Waals surface area contributed by atoms with Gasteiger partial charge in [0, 0.05) is 11.3 Å². The first kappa shape index (κ1) is 14.4. The standard InChI is InChI=1S/C14H29NS/c1-5-7-8-11-16-12-9-10-14(3,4)13(12)15-6-2/h12-13,15H,5-11H2,1-4H3. The average molecular weight is 243 g/mol. The third-order valence-corrected chi connectivity index (χ3v) is 5.25. The van der Waals surface area contributed by atoms with Crippen LogP contribution in [-0.2, 0) is 0 Å². The summed E-state index contributed by atoms with van der Waals surface area (Å²) in [5, 5.41) is 4.56. The highest BCUT2D eigenvalue weighted by Crippen LogP contribution is 2.43. The maximum Gasteiger partial charge on any atom is 0.0237 e. The molecule has 2 atom stereocenters. The van der Waals surface area contributed by atoms with Gasteiger partial charge in [-0.2, -0.15) is 11.8 Å². The van der Waals surface area contributed by atoms with Gasteiger partial charge < -0.3 is 5.32 Å². The van der Waals surface area contributed by atoms with Crippen molar-refractivity contribution in [1.29, 1.82) is 0 Å². The fourth-order valence-electron chi connectivity index (χ4n) is 2.73. The first-order valence-electron chi connectivity index (χ1n) is 6.96. The fraction of sp³-hybridized carbons (Fsp3) is 1.00. The molecule has 1 aliphatic rings. The Kier molecular flexibility index (Phi) is 6.20. The highest BCUT2D eigenvalue weighted by Gasteiger charge is 2.41. The topological polar surface area (TPSA) is 12.0 Å². The molecule has 0 spiro atoms. The lowest BCUT2D eigenvalue weighted by molar-refractivity contribution is 0.290. The summed E-state index contributed by atoms with van der Waals surface area (Å²) in [6.45, 7) is 10.5. The van der Waals surface area contributed by atoms with Crippen molar-refractivity contribution in [3.05, 3.63) is 0 Å². The van der Waals surface area contributed by atoms with E-state index < -0.39 is 0 Å². The molecular formula is C14H29NS. The van der Waals surface area contributed by atoms with Gasteiger partial charge in [0.1, 0.15) is 0 Å². The van der Waals surface area contributed by atoms with Crippen molar-refractivity contribution in [2.75, 3.05) is 12.3 Å². The molecule has 2 heteroatoms. The molecule has 0 saturated heterocycles. The zero-order valence-electron chi connectivity index (χ0n) is 11.5. The molecule has 0 aromatic rings. The smallest absolute Gasteiger partial charge is 0.0237 e. The second-order valence-corrected chi connectivity index (χ2v) is 7.03. The third-order valence-electron chi connectivity index (χ3n) is 3.79. The van der Waals surface area contributed by atoms with E-state index in [4.69, 9.17) is 0 Å². The van der Waals surface area contributed by atoms with E-state index in [9.17, 15) is 0 Å². The summed E-state index contributed by atoms with van der Waals surface area (Å²) in [4.78, 5) is 0. The van der Waals surface area contributed by atoms with Crippen molar-refractivity contribution < 1.29 is 0 Å². The van der Waals surface area contributed by atoms with Gasteiger partial charge in [0.25, 0.3) is 0 Å². The van der Waals surface area contributed by atoms with E-state index in [1.165, 1.54) is 37.9 Å². The van der Waals surface area contributed by atoms with Crippen molar-refractivity contribution >= 4 is 11.8 Å². The van der Waals surface area contributed by atoms with Crippen LogP contribution < -0.4 is 5.32 Å². The highest BCUT2D eigenvalue weighted by atomic mass is 32.2. The molecule has 0 bridgehead atoms. The molecule has 0 aromatic carbocycles. The van der Waals surface area contributed by atoms with Crippen LogP contribution in [-0.4, -0.2) is 23.6 Å². The monoisotopic (exact) mass is 243 g/mol. The minimum Gasteiger partial charge on any atom is -0.313 e. The Morgan fingerprint density at radius 3 is 2.62 bits per heavy atom. The van der Waals surface area contributed by atoms with Crippen LogP contribution >= 0.6 is 11.8 Å². The molecule has 1 fully saturated rings. The largest absolute Gasteiger partial charge is 0.313 e. The van der Waals surface area contributed by atoms with Crippen LogP contribution in [0.1, 0.15) is 59.8 Å². The molecule has 1 rings (SSSR count). The molecule has 16 heavy (non-hydrogen) atoms. The normalized spacial score (nSPS) is 28.5. The number of unbranched alkanes of at least 4 members (excludes halogenated alkanes) is 2. The molecule has 1 aliphatic carbocycles. The number of rotatable bonds is 7. The number of hydrogen-bond donors (Lipinski definition) is 1. The Morgan fingerprint density at radius 1 is 1.25 bits per heavy atom. The van der Waals surface area contributed by atoms with E-state index in [0.717, 1.165) is 17.8 Å². The summed E-state index contributed by atoms with van der Waals surface area (Å²) in [7, 11) is 0. The SMILES string of the molecule is CCCCCSC1CCC(C)(C)C1NCC. The summed E-state index contributed by atoms with van der Waals surface area (Å²) in [5.74, 6) is 1.36. The minimum absolute atomic E-state index is 0.498. The Hall–Kier alpha value is 0.310. The van der Waals surface area contributed by atoms with E-state index in [0.29, 0.717) is 5.41 Å². The van der Waals surface area contributed by atoms with Gasteiger partial charge in [-0.3, -0.25) is 0 Å². The van der Waals surface area contributed by atoms with Crippen LogP contribution in [0.4, 0.5) is 0 Å². The van der Waals surface area contributed by atoms with Gasteiger partial charge in [0.2, 0.25) is 0 Å². The van der Waals surface area contributed by atoms with Gasteiger partial charge in [-0.15, -0.1) is 0 Å². The molecule has 0 amide bonds. The molecule has 1 nitrogen and oxygen atoms in total.